The van der Waals surface area contributed by atoms with E-state index in [4.69, 9.17) is 5.73 Å². The molecule has 8 N–H and O–H groups in total. The average molecular weight is 563 g/mol. The van der Waals surface area contributed by atoms with Gasteiger partial charge >= 0.3 is 5.97 Å². The average Bonchev–Trinajstić information content (AvgIpc) is 3.42. The van der Waals surface area contributed by atoms with E-state index in [1.54, 1.807) is 19.1 Å². The van der Waals surface area contributed by atoms with Gasteiger partial charge in [0, 0.05) is 18.3 Å². The molecule has 0 saturated heterocycles. The van der Waals surface area contributed by atoms with Crippen LogP contribution in [-0.2, 0) is 32.0 Å². The number of aromatic amines is 1. The molecule has 2 rings (SSSR count). The molecule has 39 heavy (non-hydrogen) atoms. The lowest BCUT2D eigenvalue weighted by atomic mass is 9.98. The van der Waals surface area contributed by atoms with Crippen LogP contribution in [0.25, 0.3) is 0 Å². The summed E-state index contributed by atoms with van der Waals surface area (Å²) < 4.78 is 0. The number of aromatic hydroxyl groups is 1. The maximum absolute atomic E-state index is 13.4. The second-order valence-corrected chi connectivity index (χ2v) is 10.4. The summed E-state index contributed by atoms with van der Waals surface area (Å²) in [7, 11) is 0. The number of carboxylic acid groups (broad SMARTS) is 1. The van der Waals surface area contributed by atoms with Gasteiger partial charge in [-0.1, -0.05) is 32.4 Å². The third kappa shape index (κ3) is 10.2. The molecule has 0 spiro atoms. The van der Waals surface area contributed by atoms with Crippen molar-refractivity contribution in [2.75, 3.05) is 12.0 Å². The van der Waals surface area contributed by atoms with Gasteiger partial charge < -0.3 is 36.9 Å². The van der Waals surface area contributed by atoms with Gasteiger partial charge in [-0.05, 0) is 48.5 Å². The molecule has 0 aliphatic rings. The van der Waals surface area contributed by atoms with Gasteiger partial charge in [0.25, 0.3) is 0 Å². The maximum Gasteiger partial charge on any atom is 0.326 e. The van der Waals surface area contributed by atoms with Crippen molar-refractivity contribution in [3.63, 3.8) is 0 Å². The summed E-state index contributed by atoms with van der Waals surface area (Å²) in [4.78, 5) is 58.0. The number of hydrogen-bond donors (Lipinski definition) is 7. The SMILES string of the molecule is CCC(C)C(NC(=O)C(CCSC)NC(=O)C(Cc1cnc[nH]1)NC(=O)C(N)Cc1ccc(O)cc1)C(=O)O. The maximum atomic E-state index is 13.4. The first-order valence-corrected chi connectivity index (χ1v) is 14.1. The molecule has 1 heterocycles. The Morgan fingerprint density at radius 1 is 1.03 bits per heavy atom. The van der Waals surface area contributed by atoms with Crippen LogP contribution >= 0.6 is 11.8 Å². The number of amides is 3. The van der Waals surface area contributed by atoms with E-state index in [1.807, 2.05) is 13.2 Å². The number of carboxylic acids is 1. The summed E-state index contributed by atoms with van der Waals surface area (Å²) in [6.45, 7) is 3.56. The Morgan fingerprint density at radius 3 is 2.23 bits per heavy atom. The lowest BCUT2D eigenvalue weighted by molar-refractivity contribution is -0.143. The molecule has 5 unspecified atom stereocenters. The minimum atomic E-state index is -1.15. The van der Waals surface area contributed by atoms with E-state index in [-0.39, 0.29) is 30.9 Å². The molecular formula is C26H38N6O6S. The molecule has 0 fully saturated rings. The second-order valence-electron chi connectivity index (χ2n) is 9.37. The number of nitrogens with zero attached hydrogens (tertiary/aromatic N) is 1. The number of aromatic nitrogens is 2. The van der Waals surface area contributed by atoms with E-state index < -0.39 is 47.9 Å². The minimum absolute atomic E-state index is 0.0605. The van der Waals surface area contributed by atoms with Crippen molar-refractivity contribution >= 4 is 35.5 Å². The van der Waals surface area contributed by atoms with Crippen LogP contribution in [0.4, 0.5) is 0 Å². The first kappa shape index (κ1) is 31.6. The Bertz CT molecular complexity index is 1080. The van der Waals surface area contributed by atoms with Crippen LogP contribution in [0.3, 0.4) is 0 Å². The highest BCUT2D eigenvalue weighted by molar-refractivity contribution is 7.98. The summed E-state index contributed by atoms with van der Waals surface area (Å²) >= 11 is 1.48. The molecule has 0 saturated carbocycles. The van der Waals surface area contributed by atoms with Crippen LogP contribution in [0, 0.1) is 5.92 Å². The summed E-state index contributed by atoms with van der Waals surface area (Å²) in [6, 6.07) is 2.10. The third-order valence-corrected chi connectivity index (χ3v) is 7.00. The van der Waals surface area contributed by atoms with Crippen LogP contribution in [0.1, 0.15) is 37.9 Å². The number of imidazole rings is 1. The number of benzene rings is 1. The van der Waals surface area contributed by atoms with Crippen molar-refractivity contribution in [2.24, 2.45) is 11.7 Å². The fourth-order valence-corrected chi connectivity index (χ4v) is 4.27. The van der Waals surface area contributed by atoms with Gasteiger partial charge in [0.2, 0.25) is 17.7 Å². The van der Waals surface area contributed by atoms with Crippen molar-refractivity contribution < 1.29 is 29.4 Å². The summed E-state index contributed by atoms with van der Waals surface area (Å²) in [5.41, 5.74) is 7.41. The smallest absolute Gasteiger partial charge is 0.326 e. The molecule has 2 aromatic rings. The van der Waals surface area contributed by atoms with Crippen molar-refractivity contribution in [3.05, 3.63) is 48.0 Å². The van der Waals surface area contributed by atoms with Gasteiger partial charge in [-0.3, -0.25) is 14.4 Å². The zero-order valence-corrected chi connectivity index (χ0v) is 23.2. The minimum Gasteiger partial charge on any atom is -0.508 e. The van der Waals surface area contributed by atoms with Gasteiger partial charge in [-0.15, -0.1) is 0 Å². The Hall–Kier alpha value is -3.58. The van der Waals surface area contributed by atoms with E-state index in [9.17, 15) is 29.4 Å². The molecule has 0 aliphatic heterocycles. The largest absolute Gasteiger partial charge is 0.508 e. The Morgan fingerprint density at radius 2 is 1.67 bits per heavy atom. The first-order valence-electron chi connectivity index (χ1n) is 12.7. The molecule has 12 nitrogen and oxygen atoms in total. The molecule has 1 aromatic heterocycles. The molecule has 5 atom stereocenters. The molecule has 1 aromatic carbocycles. The molecule has 0 bridgehead atoms. The number of rotatable bonds is 16. The monoisotopic (exact) mass is 562 g/mol. The molecule has 0 radical (unpaired) electrons. The van der Waals surface area contributed by atoms with Gasteiger partial charge in [-0.25, -0.2) is 9.78 Å². The van der Waals surface area contributed by atoms with E-state index >= 15 is 0 Å². The van der Waals surface area contributed by atoms with Crippen LogP contribution in [0.15, 0.2) is 36.8 Å². The standard InChI is InChI=1S/C26H38N6O6S/c1-4-15(2)22(26(37)38)32-24(35)20(9-10-39-3)30-25(36)21(12-17-13-28-14-29-17)31-23(34)19(27)11-16-5-7-18(33)8-6-16/h5-8,13-15,19-22,33H,4,9-12,27H2,1-3H3,(H,28,29)(H,30,36)(H,31,34)(H,32,35)(H,37,38). The predicted octanol–water partition coefficient (Wildman–Crippen LogP) is 0.566. The molecular weight excluding hydrogens is 524 g/mol. The van der Waals surface area contributed by atoms with Crippen molar-refractivity contribution in [2.45, 2.75) is 63.7 Å². The number of aliphatic carboxylic acids is 1. The molecule has 3 amide bonds. The van der Waals surface area contributed by atoms with Gasteiger partial charge in [0.15, 0.2) is 0 Å². The second kappa shape index (κ2) is 15.7. The van der Waals surface area contributed by atoms with Crippen molar-refractivity contribution in [3.8, 4) is 5.75 Å². The van der Waals surface area contributed by atoms with E-state index in [2.05, 4.69) is 25.9 Å². The highest BCUT2D eigenvalue weighted by Crippen LogP contribution is 2.12. The number of thioether (sulfide) groups is 1. The van der Waals surface area contributed by atoms with Crippen LogP contribution in [0.2, 0.25) is 0 Å². The summed E-state index contributed by atoms with van der Waals surface area (Å²) in [5.74, 6) is -2.64. The Kier molecular flexibility index (Phi) is 12.8. The Labute approximate surface area is 231 Å². The Balaban J connectivity index is 2.17. The molecule has 214 valence electrons. The van der Waals surface area contributed by atoms with Gasteiger partial charge in [-0.2, -0.15) is 11.8 Å². The van der Waals surface area contributed by atoms with Crippen molar-refractivity contribution in [1.29, 1.82) is 0 Å². The number of phenols is 1. The van der Waals surface area contributed by atoms with Gasteiger partial charge in [0.05, 0.1) is 12.4 Å². The molecule has 0 aliphatic carbocycles. The highest BCUT2D eigenvalue weighted by atomic mass is 32.2. The van der Waals surface area contributed by atoms with Crippen molar-refractivity contribution in [1.82, 2.24) is 25.9 Å². The zero-order chi connectivity index (χ0) is 28.9. The number of H-pyrrole nitrogens is 1. The highest BCUT2D eigenvalue weighted by Gasteiger charge is 2.32. The van der Waals surface area contributed by atoms with Gasteiger partial charge in [0.1, 0.15) is 23.9 Å². The predicted molar refractivity (Wildman–Crippen MR) is 148 cm³/mol. The van der Waals surface area contributed by atoms with Crippen LogP contribution in [-0.4, -0.2) is 80.0 Å². The third-order valence-electron chi connectivity index (χ3n) is 6.36. The quantitative estimate of drug-likeness (QED) is 0.153. The normalized spacial score (nSPS) is 14.9. The number of hydrogen-bond acceptors (Lipinski definition) is 8. The van der Waals surface area contributed by atoms with Crippen LogP contribution in [0.5, 0.6) is 5.75 Å². The number of nitrogens with one attached hydrogen (secondary N) is 4. The van der Waals surface area contributed by atoms with E-state index in [1.165, 1.54) is 36.4 Å². The fourth-order valence-electron chi connectivity index (χ4n) is 3.80. The fraction of sp³-hybridized carbons (Fsp3) is 0.500. The summed E-state index contributed by atoms with van der Waals surface area (Å²) in [6.07, 6.45) is 5.86. The topological polar surface area (TPSA) is 200 Å². The first-order chi connectivity index (χ1) is 18.5. The zero-order valence-electron chi connectivity index (χ0n) is 22.3. The molecule has 13 heteroatoms. The lowest BCUT2D eigenvalue weighted by Gasteiger charge is -2.26. The van der Waals surface area contributed by atoms with E-state index in [0.717, 1.165) is 5.56 Å². The number of nitrogens with two attached hydrogens (primary N) is 1. The lowest BCUT2D eigenvalue weighted by Crippen LogP contribution is -2.58. The van der Waals surface area contributed by atoms with E-state index in [0.29, 0.717) is 17.9 Å². The number of carbonyl (C=O) groups excluding carboxylic acids is 3. The number of carbonyl (C=O) groups is 4. The number of phenolic OH excluding ortho intramolecular Hbond substituents is 1. The van der Waals surface area contributed by atoms with Crippen LogP contribution < -0.4 is 21.7 Å². The summed E-state index contributed by atoms with van der Waals surface area (Å²) in [5, 5.41) is 27.0.